The monoisotopic (exact) mass is 174 g/mol. The van der Waals surface area contributed by atoms with Gasteiger partial charge in [-0.1, -0.05) is 6.92 Å². The zero-order chi connectivity index (χ0) is 9.40. The van der Waals surface area contributed by atoms with Crippen LogP contribution >= 0.6 is 0 Å². The summed E-state index contributed by atoms with van der Waals surface area (Å²) in [4.78, 5) is 11.0. The van der Waals surface area contributed by atoms with Gasteiger partial charge in [0.2, 0.25) is 0 Å². The van der Waals surface area contributed by atoms with E-state index in [1.54, 1.807) is 14.0 Å². The van der Waals surface area contributed by atoms with Crippen molar-refractivity contribution in [2.45, 2.75) is 32.8 Å². The molecule has 0 heterocycles. The zero-order valence-corrected chi connectivity index (χ0v) is 8.13. The van der Waals surface area contributed by atoms with Crippen LogP contribution in [0.4, 0.5) is 0 Å². The van der Waals surface area contributed by atoms with Gasteiger partial charge in [0.05, 0.1) is 0 Å². The summed E-state index contributed by atoms with van der Waals surface area (Å²) in [5, 5.41) is 0. The Hall–Kier alpha value is -0.410. The summed E-state index contributed by atoms with van der Waals surface area (Å²) in [5.41, 5.74) is 0. The van der Waals surface area contributed by atoms with E-state index in [1.165, 1.54) is 0 Å². The second kappa shape index (κ2) is 7.25. The molecule has 0 fully saturated rings. The molecule has 0 radical (unpaired) electrons. The van der Waals surface area contributed by atoms with Crippen LogP contribution in [0.25, 0.3) is 0 Å². The maximum Gasteiger partial charge on any atom is 0.160 e. The fourth-order valence-electron chi connectivity index (χ4n) is 0.844. The molecule has 72 valence electrons. The van der Waals surface area contributed by atoms with Gasteiger partial charge in [-0.25, -0.2) is 0 Å². The van der Waals surface area contributed by atoms with Crippen LogP contribution in [-0.4, -0.2) is 32.2 Å². The van der Waals surface area contributed by atoms with Crippen molar-refractivity contribution in [2.24, 2.45) is 0 Å². The number of ketones is 1. The fraction of sp³-hybridized carbons (Fsp3) is 0.889. The number of Topliss-reactive ketones (excluding diaryl/α,β-unsaturated/α-hetero) is 1. The van der Waals surface area contributed by atoms with Crippen LogP contribution in [0.15, 0.2) is 0 Å². The highest BCUT2D eigenvalue weighted by Gasteiger charge is 2.09. The van der Waals surface area contributed by atoms with Gasteiger partial charge in [0.25, 0.3) is 0 Å². The van der Waals surface area contributed by atoms with Gasteiger partial charge in [-0.3, -0.25) is 4.79 Å². The summed E-state index contributed by atoms with van der Waals surface area (Å²) in [5.74, 6) is 0.160. The molecule has 0 aromatic rings. The summed E-state index contributed by atoms with van der Waals surface area (Å²) in [7, 11) is 1.65. The minimum atomic E-state index is -0.258. The number of ether oxygens (including phenoxy) is 2. The van der Waals surface area contributed by atoms with E-state index in [-0.39, 0.29) is 11.9 Å². The summed E-state index contributed by atoms with van der Waals surface area (Å²) in [6.45, 7) is 4.92. The van der Waals surface area contributed by atoms with Crippen LogP contribution in [0.2, 0.25) is 0 Å². The molecule has 12 heavy (non-hydrogen) atoms. The van der Waals surface area contributed by atoms with Crippen molar-refractivity contribution in [3.8, 4) is 0 Å². The van der Waals surface area contributed by atoms with E-state index in [0.29, 0.717) is 19.6 Å². The molecule has 0 aromatic carbocycles. The highest BCUT2D eigenvalue weighted by Crippen LogP contribution is 1.97. The van der Waals surface area contributed by atoms with Crippen molar-refractivity contribution in [1.82, 2.24) is 0 Å². The number of methoxy groups -OCH3 is 1. The van der Waals surface area contributed by atoms with Crippen molar-refractivity contribution >= 4 is 5.78 Å². The highest BCUT2D eigenvalue weighted by molar-refractivity contribution is 5.82. The lowest BCUT2D eigenvalue weighted by Gasteiger charge is -2.09. The highest BCUT2D eigenvalue weighted by atomic mass is 16.5. The van der Waals surface area contributed by atoms with Gasteiger partial charge in [0, 0.05) is 26.7 Å². The molecule has 0 aromatic heterocycles. The third-order valence-electron chi connectivity index (χ3n) is 1.66. The first kappa shape index (κ1) is 11.6. The molecule has 0 amide bonds. The molecule has 1 atom stereocenters. The van der Waals surface area contributed by atoms with E-state index >= 15 is 0 Å². The van der Waals surface area contributed by atoms with E-state index in [2.05, 4.69) is 0 Å². The first-order valence-corrected chi connectivity index (χ1v) is 4.35. The van der Waals surface area contributed by atoms with Gasteiger partial charge in [-0.05, 0) is 13.3 Å². The van der Waals surface area contributed by atoms with Crippen LogP contribution in [0.5, 0.6) is 0 Å². The Morgan fingerprint density at radius 2 is 2.08 bits per heavy atom. The number of hydrogen-bond acceptors (Lipinski definition) is 3. The Bertz CT molecular complexity index is 123. The van der Waals surface area contributed by atoms with Crippen LogP contribution in [0.3, 0.4) is 0 Å². The lowest BCUT2D eigenvalue weighted by Crippen LogP contribution is -2.20. The smallest absolute Gasteiger partial charge is 0.160 e. The average molecular weight is 174 g/mol. The van der Waals surface area contributed by atoms with Crippen molar-refractivity contribution in [1.29, 1.82) is 0 Å². The van der Waals surface area contributed by atoms with Crippen LogP contribution in [-0.2, 0) is 14.3 Å². The molecule has 0 saturated heterocycles. The van der Waals surface area contributed by atoms with Crippen LogP contribution in [0.1, 0.15) is 26.7 Å². The van der Waals surface area contributed by atoms with E-state index in [4.69, 9.17) is 9.47 Å². The molecule has 1 unspecified atom stereocenters. The molecular formula is C9H18O3. The predicted molar refractivity (Wildman–Crippen MR) is 47.2 cm³/mol. The predicted octanol–water partition coefficient (Wildman–Crippen LogP) is 1.41. The van der Waals surface area contributed by atoms with E-state index in [0.717, 1.165) is 6.42 Å². The molecule has 3 heteroatoms. The van der Waals surface area contributed by atoms with Gasteiger partial charge >= 0.3 is 0 Å². The topological polar surface area (TPSA) is 35.5 Å². The number of hydrogen-bond donors (Lipinski definition) is 0. The second-order valence-electron chi connectivity index (χ2n) is 2.68. The SMILES string of the molecule is CCC(=O)C(C)OCCCOC. The Labute approximate surface area is 74.0 Å². The summed E-state index contributed by atoms with van der Waals surface area (Å²) in [6, 6.07) is 0. The van der Waals surface area contributed by atoms with Gasteiger partial charge < -0.3 is 9.47 Å². The first-order valence-electron chi connectivity index (χ1n) is 4.35. The molecule has 3 nitrogen and oxygen atoms in total. The summed E-state index contributed by atoms with van der Waals surface area (Å²) in [6.07, 6.45) is 1.13. The molecule has 0 aliphatic carbocycles. The molecule has 0 aliphatic heterocycles. The number of rotatable bonds is 7. The third kappa shape index (κ3) is 5.27. The fourth-order valence-corrected chi connectivity index (χ4v) is 0.844. The Kier molecular flexibility index (Phi) is 7.00. The average Bonchev–Trinajstić information content (AvgIpc) is 2.10. The minimum Gasteiger partial charge on any atom is -0.385 e. The first-order chi connectivity index (χ1) is 5.72. The van der Waals surface area contributed by atoms with Gasteiger partial charge in [-0.15, -0.1) is 0 Å². The van der Waals surface area contributed by atoms with E-state index in [1.807, 2.05) is 6.92 Å². The van der Waals surface area contributed by atoms with Gasteiger partial charge in [0.15, 0.2) is 5.78 Å². The van der Waals surface area contributed by atoms with E-state index in [9.17, 15) is 4.79 Å². The van der Waals surface area contributed by atoms with Gasteiger partial charge in [-0.2, -0.15) is 0 Å². The van der Waals surface area contributed by atoms with Crippen molar-refractivity contribution in [3.63, 3.8) is 0 Å². The second-order valence-corrected chi connectivity index (χ2v) is 2.68. The lowest BCUT2D eigenvalue weighted by molar-refractivity contribution is -0.129. The molecular weight excluding hydrogens is 156 g/mol. The Morgan fingerprint density at radius 3 is 2.58 bits per heavy atom. The molecule has 0 bridgehead atoms. The largest absolute Gasteiger partial charge is 0.385 e. The third-order valence-corrected chi connectivity index (χ3v) is 1.66. The quantitative estimate of drug-likeness (QED) is 0.547. The zero-order valence-electron chi connectivity index (χ0n) is 8.13. The Morgan fingerprint density at radius 1 is 1.42 bits per heavy atom. The molecule has 0 aliphatic rings. The van der Waals surface area contributed by atoms with Crippen LogP contribution < -0.4 is 0 Å². The van der Waals surface area contributed by atoms with Crippen molar-refractivity contribution < 1.29 is 14.3 Å². The summed E-state index contributed by atoms with van der Waals surface area (Å²) >= 11 is 0. The minimum absolute atomic E-state index is 0.160. The van der Waals surface area contributed by atoms with Crippen molar-refractivity contribution in [2.75, 3.05) is 20.3 Å². The Balaban J connectivity index is 3.31. The molecule has 0 rings (SSSR count). The lowest BCUT2D eigenvalue weighted by atomic mass is 10.2. The summed E-state index contributed by atoms with van der Waals surface area (Å²) < 4.78 is 10.1. The maximum absolute atomic E-state index is 11.0. The molecule has 0 saturated carbocycles. The molecule has 0 spiro atoms. The molecule has 0 N–H and O–H groups in total. The van der Waals surface area contributed by atoms with Crippen molar-refractivity contribution in [3.05, 3.63) is 0 Å². The maximum atomic E-state index is 11.0. The normalized spacial score (nSPS) is 12.9. The van der Waals surface area contributed by atoms with Crippen LogP contribution in [0, 0.1) is 0 Å². The van der Waals surface area contributed by atoms with Gasteiger partial charge in [0.1, 0.15) is 6.10 Å². The number of carbonyl (C=O) groups is 1. The van der Waals surface area contributed by atoms with E-state index < -0.39 is 0 Å². The standard InChI is InChI=1S/C9H18O3/c1-4-9(10)8(2)12-7-5-6-11-3/h8H,4-7H2,1-3H3. The number of carbonyl (C=O) groups excluding carboxylic acids is 1.